The maximum Gasteiger partial charge on any atom is 0.219 e. The van der Waals surface area contributed by atoms with Gasteiger partial charge in [0.05, 0.1) is 33.0 Å². The van der Waals surface area contributed by atoms with Crippen molar-refractivity contribution < 1.29 is 24.2 Å². The Balaban J connectivity index is 3.76. The average Bonchev–Trinajstić information content (AvgIpc) is 2.30. The molecule has 0 aromatic carbocycles. The first-order valence-electron chi connectivity index (χ1n) is 5.52. The zero-order valence-electron chi connectivity index (χ0n) is 10.2. The minimum absolute atomic E-state index is 0.0926. The van der Waals surface area contributed by atoms with Crippen LogP contribution in [-0.4, -0.2) is 50.3 Å². The van der Waals surface area contributed by atoms with Crippen molar-refractivity contribution in [1.82, 2.24) is 0 Å². The lowest BCUT2D eigenvalue weighted by Crippen LogP contribution is -2.33. The zero-order valence-corrected chi connectivity index (χ0v) is 10.2. The van der Waals surface area contributed by atoms with Gasteiger partial charge in [0.25, 0.3) is 0 Å². The van der Waals surface area contributed by atoms with Crippen LogP contribution < -0.4 is 5.73 Å². The molecule has 1 unspecified atom stereocenters. The molecule has 17 heavy (non-hydrogen) atoms. The predicted octanol–water partition coefficient (Wildman–Crippen LogP) is -0.517. The Hall–Kier alpha value is -0.980. The minimum Gasteiger partial charge on any atom is -0.396 e. The first-order valence-corrected chi connectivity index (χ1v) is 5.52. The molecule has 6 nitrogen and oxygen atoms in total. The number of amides is 1. The molecule has 1 atom stereocenters. The number of hydrogen-bond donors (Lipinski definition) is 2. The van der Waals surface area contributed by atoms with Crippen LogP contribution in [0.25, 0.3) is 0 Å². The quantitative estimate of drug-likeness (QED) is 0.378. The van der Waals surface area contributed by atoms with E-state index in [-0.39, 0.29) is 26.2 Å². The second-order valence-corrected chi connectivity index (χ2v) is 4.25. The largest absolute Gasteiger partial charge is 0.396 e. The van der Waals surface area contributed by atoms with Gasteiger partial charge >= 0.3 is 0 Å². The molecule has 0 aliphatic rings. The summed E-state index contributed by atoms with van der Waals surface area (Å²) in [5, 5.41) is 9.23. The summed E-state index contributed by atoms with van der Waals surface area (Å²) in [6.07, 6.45) is 1.27. The molecule has 6 heteroatoms. The van der Waals surface area contributed by atoms with Crippen LogP contribution in [0, 0.1) is 5.41 Å². The molecule has 0 aromatic rings. The molecule has 0 aliphatic heterocycles. The highest BCUT2D eigenvalue weighted by Crippen LogP contribution is 2.16. The summed E-state index contributed by atoms with van der Waals surface area (Å²) < 4.78 is 10.5. The van der Waals surface area contributed by atoms with Crippen LogP contribution in [0.4, 0.5) is 0 Å². The van der Waals surface area contributed by atoms with Crippen LogP contribution in [0.3, 0.4) is 0 Å². The number of hydrogen-bond acceptors (Lipinski definition) is 5. The Morgan fingerprint density at radius 1 is 1.35 bits per heavy atom. The van der Waals surface area contributed by atoms with E-state index < -0.39 is 11.3 Å². The number of aliphatic hydroxyl groups excluding tert-OH is 1. The number of aldehydes is 1. The lowest BCUT2D eigenvalue weighted by atomic mass is 9.94. The van der Waals surface area contributed by atoms with Crippen LogP contribution in [0.2, 0.25) is 0 Å². The second kappa shape index (κ2) is 9.09. The van der Waals surface area contributed by atoms with Gasteiger partial charge in [0.15, 0.2) is 0 Å². The molecule has 1 amide bonds. The smallest absolute Gasteiger partial charge is 0.219 e. The van der Waals surface area contributed by atoms with Gasteiger partial charge in [-0.1, -0.05) is 6.92 Å². The molecule has 0 saturated heterocycles. The van der Waals surface area contributed by atoms with E-state index in [9.17, 15) is 14.7 Å². The highest BCUT2D eigenvalue weighted by atomic mass is 16.5. The SMILES string of the molecule is CC(CO)(COCCC=O)COCCC(N)=O. The standard InChI is InChI=1S/C11H21NO5/c1-11(7-14,8-16-5-2-4-13)9-17-6-3-10(12)15/h4,14H,2-3,5-9H2,1H3,(H2,12,15). The highest BCUT2D eigenvalue weighted by molar-refractivity contribution is 5.73. The lowest BCUT2D eigenvalue weighted by Gasteiger charge is -2.26. The Morgan fingerprint density at radius 2 is 1.94 bits per heavy atom. The summed E-state index contributed by atoms with van der Waals surface area (Å²) in [5.41, 5.74) is 4.43. The first-order chi connectivity index (χ1) is 8.04. The Bertz CT molecular complexity index is 234. The van der Waals surface area contributed by atoms with E-state index in [0.717, 1.165) is 6.29 Å². The van der Waals surface area contributed by atoms with Crippen molar-refractivity contribution in [3.05, 3.63) is 0 Å². The zero-order chi connectivity index (χ0) is 13.1. The highest BCUT2D eigenvalue weighted by Gasteiger charge is 2.24. The summed E-state index contributed by atoms with van der Waals surface area (Å²) in [4.78, 5) is 20.5. The van der Waals surface area contributed by atoms with Crippen molar-refractivity contribution in [2.75, 3.05) is 33.0 Å². The summed E-state index contributed by atoms with van der Waals surface area (Å²) in [7, 11) is 0. The van der Waals surface area contributed by atoms with Gasteiger partial charge in [-0.15, -0.1) is 0 Å². The molecule has 100 valence electrons. The van der Waals surface area contributed by atoms with E-state index in [0.29, 0.717) is 19.6 Å². The normalized spacial score (nSPS) is 14.2. The third kappa shape index (κ3) is 8.79. The minimum atomic E-state index is -0.527. The molecule has 0 heterocycles. The third-order valence-corrected chi connectivity index (χ3v) is 2.16. The van der Waals surface area contributed by atoms with Crippen molar-refractivity contribution in [3.8, 4) is 0 Å². The molecular formula is C11H21NO5. The maximum atomic E-state index is 10.5. The van der Waals surface area contributed by atoms with Crippen molar-refractivity contribution in [2.24, 2.45) is 11.1 Å². The van der Waals surface area contributed by atoms with Crippen LogP contribution >= 0.6 is 0 Å². The van der Waals surface area contributed by atoms with Crippen LogP contribution in [0.5, 0.6) is 0 Å². The summed E-state index contributed by atoms with van der Waals surface area (Å²) in [6, 6.07) is 0. The van der Waals surface area contributed by atoms with E-state index in [1.165, 1.54) is 0 Å². The maximum absolute atomic E-state index is 10.5. The van der Waals surface area contributed by atoms with Crippen molar-refractivity contribution in [1.29, 1.82) is 0 Å². The third-order valence-electron chi connectivity index (χ3n) is 2.16. The van der Waals surface area contributed by atoms with Gasteiger partial charge in [0.2, 0.25) is 5.91 Å². The molecule has 0 saturated carbocycles. The Kier molecular flexibility index (Phi) is 8.57. The van der Waals surface area contributed by atoms with Gasteiger partial charge in [0.1, 0.15) is 6.29 Å². The lowest BCUT2D eigenvalue weighted by molar-refractivity contribution is -0.119. The number of aliphatic hydroxyl groups is 1. The van der Waals surface area contributed by atoms with Crippen LogP contribution in [-0.2, 0) is 19.1 Å². The number of carbonyl (C=O) groups excluding carboxylic acids is 2. The summed E-state index contributed by atoms with van der Waals surface area (Å²) >= 11 is 0. The number of nitrogens with two attached hydrogens (primary N) is 1. The van der Waals surface area contributed by atoms with Gasteiger partial charge in [-0.05, 0) is 0 Å². The number of carbonyl (C=O) groups is 2. The van der Waals surface area contributed by atoms with Crippen LogP contribution in [0.1, 0.15) is 19.8 Å². The summed E-state index contributed by atoms with van der Waals surface area (Å²) in [6.45, 7) is 2.86. The van der Waals surface area contributed by atoms with Gasteiger partial charge in [-0.3, -0.25) is 4.79 Å². The van der Waals surface area contributed by atoms with E-state index in [1.54, 1.807) is 6.92 Å². The Labute approximate surface area is 101 Å². The molecule has 0 bridgehead atoms. The predicted molar refractivity (Wildman–Crippen MR) is 61.3 cm³/mol. The van der Waals surface area contributed by atoms with Crippen molar-refractivity contribution >= 4 is 12.2 Å². The fourth-order valence-corrected chi connectivity index (χ4v) is 1.07. The fraction of sp³-hybridized carbons (Fsp3) is 0.818. The van der Waals surface area contributed by atoms with E-state index in [2.05, 4.69) is 0 Å². The number of primary amides is 1. The van der Waals surface area contributed by atoms with Gasteiger partial charge in [0, 0.05) is 18.3 Å². The van der Waals surface area contributed by atoms with Crippen LogP contribution in [0.15, 0.2) is 0 Å². The van der Waals surface area contributed by atoms with Gasteiger partial charge < -0.3 is 25.1 Å². The van der Waals surface area contributed by atoms with E-state index in [1.807, 2.05) is 0 Å². The fourth-order valence-electron chi connectivity index (χ4n) is 1.07. The van der Waals surface area contributed by atoms with Crippen molar-refractivity contribution in [3.63, 3.8) is 0 Å². The molecule has 3 N–H and O–H groups in total. The molecule has 0 radical (unpaired) electrons. The second-order valence-electron chi connectivity index (χ2n) is 4.25. The van der Waals surface area contributed by atoms with Crippen molar-refractivity contribution in [2.45, 2.75) is 19.8 Å². The molecule has 0 spiro atoms. The molecule has 0 aliphatic carbocycles. The van der Waals surface area contributed by atoms with E-state index >= 15 is 0 Å². The summed E-state index contributed by atoms with van der Waals surface area (Å²) in [5.74, 6) is -0.419. The van der Waals surface area contributed by atoms with E-state index in [4.69, 9.17) is 15.2 Å². The molecule has 0 fully saturated rings. The Morgan fingerprint density at radius 3 is 2.41 bits per heavy atom. The topological polar surface area (TPSA) is 98.8 Å². The number of ether oxygens (including phenoxy) is 2. The molecular weight excluding hydrogens is 226 g/mol. The van der Waals surface area contributed by atoms with Gasteiger partial charge in [-0.2, -0.15) is 0 Å². The first kappa shape index (κ1) is 16.0. The molecule has 0 aromatic heterocycles. The number of rotatable bonds is 11. The average molecular weight is 247 g/mol. The monoisotopic (exact) mass is 247 g/mol. The van der Waals surface area contributed by atoms with Gasteiger partial charge in [-0.25, -0.2) is 0 Å². The molecule has 0 rings (SSSR count).